The maximum Gasteiger partial charge on any atom is 0.149 e. The van der Waals surface area contributed by atoms with Crippen LogP contribution in [-0.4, -0.2) is 0 Å². The van der Waals surface area contributed by atoms with E-state index in [2.05, 4.69) is 0 Å². The molecule has 2 N–H and O–H groups in total. The van der Waals surface area contributed by atoms with Crippen molar-refractivity contribution >= 4 is 17.3 Å². The summed E-state index contributed by atoms with van der Waals surface area (Å²) in [5.41, 5.74) is 6.45. The van der Waals surface area contributed by atoms with Gasteiger partial charge in [0.1, 0.15) is 18.2 Å². The van der Waals surface area contributed by atoms with E-state index < -0.39 is 5.82 Å². The quantitative estimate of drug-likeness (QED) is 0.846. The lowest BCUT2D eigenvalue weighted by Gasteiger charge is -2.07. The molecule has 0 saturated heterocycles. The minimum absolute atomic E-state index is 0.115. The van der Waals surface area contributed by atoms with Crippen molar-refractivity contribution < 1.29 is 9.13 Å². The molecule has 88 valence electrons. The third-order valence-electron chi connectivity index (χ3n) is 2.29. The van der Waals surface area contributed by atoms with E-state index in [4.69, 9.17) is 22.1 Å². The summed E-state index contributed by atoms with van der Waals surface area (Å²) in [7, 11) is 0. The highest BCUT2D eigenvalue weighted by atomic mass is 35.5. The fourth-order valence-corrected chi connectivity index (χ4v) is 1.47. The molecule has 0 aliphatic rings. The lowest BCUT2D eigenvalue weighted by atomic mass is 10.2. The van der Waals surface area contributed by atoms with E-state index in [9.17, 15) is 4.39 Å². The number of rotatable bonds is 3. The molecule has 17 heavy (non-hydrogen) atoms. The van der Waals surface area contributed by atoms with Crippen molar-refractivity contribution in [2.75, 3.05) is 5.73 Å². The summed E-state index contributed by atoms with van der Waals surface area (Å²) in [5, 5.41) is 0.673. The van der Waals surface area contributed by atoms with Crippen LogP contribution in [0.5, 0.6) is 5.75 Å². The summed E-state index contributed by atoms with van der Waals surface area (Å²) >= 11 is 5.76. The van der Waals surface area contributed by atoms with Crippen LogP contribution in [0.1, 0.15) is 5.56 Å². The number of nitrogen functional groups attached to an aromatic ring is 1. The highest BCUT2D eigenvalue weighted by molar-refractivity contribution is 6.30. The van der Waals surface area contributed by atoms with Crippen LogP contribution in [0.2, 0.25) is 5.02 Å². The molecule has 0 radical (unpaired) electrons. The molecule has 2 nitrogen and oxygen atoms in total. The van der Waals surface area contributed by atoms with Gasteiger partial charge in [0.05, 0.1) is 5.69 Å². The second kappa shape index (κ2) is 5.06. The third kappa shape index (κ3) is 3.11. The van der Waals surface area contributed by atoms with E-state index in [0.717, 1.165) is 5.56 Å². The Kier molecular flexibility index (Phi) is 3.49. The van der Waals surface area contributed by atoms with Gasteiger partial charge in [0.25, 0.3) is 0 Å². The Bertz CT molecular complexity index is 513. The molecule has 0 unspecified atom stereocenters. The molecule has 0 amide bonds. The molecule has 0 bridgehead atoms. The zero-order valence-corrected chi connectivity index (χ0v) is 9.75. The fraction of sp³-hybridized carbons (Fsp3) is 0.0769. The molecule has 0 aliphatic heterocycles. The van der Waals surface area contributed by atoms with Gasteiger partial charge in [-0.2, -0.15) is 0 Å². The van der Waals surface area contributed by atoms with Gasteiger partial charge in [-0.25, -0.2) is 4.39 Å². The lowest BCUT2D eigenvalue weighted by molar-refractivity contribution is 0.304. The smallest absolute Gasteiger partial charge is 0.149 e. The van der Waals surface area contributed by atoms with Gasteiger partial charge < -0.3 is 10.5 Å². The summed E-state index contributed by atoms with van der Waals surface area (Å²) in [5.74, 6) is -0.0229. The van der Waals surface area contributed by atoms with Gasteiger partial charge in [-0.1, -0.05) is 23.7 Å². The molecule has 4 heteroatoms. The highest BCUT2D eigenvalue weighted by Gasteiger charge is 2.01. The summed E-state index contributed by atoms with van der Waals surface area (Å²) in [4.78, 5) is 0. The number of hydrogen-bond donors (Lipinski definition) is 1. The van der Waals surface area contributed by atoms with E-state index >= 15 is 0 Å². The van der Waals surface area contributed by atoms with Crippen molar-refractivity contribution in [1.82, 2.24) is 0 Å². The number of benzene rings is 2. The van der Waals surface area contributed by atoms with Gasteiger partial charge in [0.15, 0.2) is 0 Å². The minimum atomic E-state index is -0.474. The summed E-state index contributed by atoms with van der Waals surface area (Å²) < 4.78 is 18.6. The predicted molar refractivity (Wildman–Crippen MR) is 66.6 cm³/mol. The molecular weight excluding hydrogens is 241 g/mol. The van der Waals surface area contributed by atoms with E-state index in [0.29, 0.717) is 17.4 Å². The zero-order valence-electron chi connectivity index (χ0n) is 8.99. The number of ether oxygens (including phenoxy) is 1. The molecule has 0 saturated carbocycles. The van der Waals surface area contributed by atoms with Crippen LogP contribution in [0.4, 0.5) is 10.1 Å². The molecule has 0 atom stereocenters. The van der Waals surface area contributed by atoms with Gasteiger partial charge >= 0.3 is 0 Å². The van der Waals surface area contributed by atoms with Crippen molar-refractivity contribution in [3.63, 3.8) is 0 Å². The maximum absolute atomic E-state index is 13.1. The molecule has 2 aromatic rings. The first kappa shape index (κ1) is 11.7. The SMILES string of the molecule is Nc1ccc(OCc2ccc(Cl)cc2)cc1F. The average molecular weight is 252 g/mol. The Labute approximate surface area is 104 Å². The molecule has 0 fully saturated rings. The minimum Gasteiger partial charge on any atom is -0.489 e. The Morgan fingerprint density at radius 3 is 2.47 bits per heavy atom. The van der Waals surface area contributed by atoms with Crippen molar-refractivity contribution in [3.05, 3.63) is 58.9 Å². The second-order valence-electron chi connectivity index (χ2n) is 3.60. The third-order valence-corrected chi connectivity index (χ3v) is 2.54. The first-order valence-corrected chi connectivity index (χ1v) is 5.45. The predicted octanol–water partition coefficient (Wildman–Crippen LogP) is 3.64. The largest absolute Gasteiger partial charge is 0.489 e. The number of nitrogens with two attached hydrogens (primary N) is 1. The first-order valence-electron chi connectivity index (χ1n) is 5.07. The monoisotopic (exact) mass is 251 g/mol. The second-order valence-corrected chi connectivity index (χ2v) is 4.03. The van der Waals surface area contributed by atoms with Gasteiger partial charge in [0, 0.05) is 11.1 Å². The Hall–Kier alpha value is -1.74. The fourth-order valence-electron chi connectivity index (χ4n) is 1.34. The summed E-state index contributed by atoms with van der Waals surface area (Å²) in [6.45, 7) is 0.362. The molecule has 0 aliphatic carbocycles. The molecule has 0 aromatic heterocycles. The summed E-state index contributed by atoms with van der Waals surface area (Å²) in [6, 6.07) is 11.7. The number of halogens is 2. The van der Waals surface area contributed by atoms with Gasteiger partial charge in [0.2, 0.25) is 0 Å². The average Bonchev–Trinajstić information content (AvgIpc) is 2.33. The van der Waals surface area contributed by atoms with E-state index in [1.807, 2.05) is 12.1 Å². The van der Waals surface area contributed by atoms with Crippen molar-refractivity contribution in [2.24, 2.45) is 0 Å². The topological polar surface area (TPSA) is 35.2 Å². The maximum atomic E-state index is 13.1. The van der Waals surface area contributed by atoms with E-state index in [1.54, 1.807) is 18.2 Å². The normalized spacial score (nSPS) is 10.2. The standard InChI is InChI=1S/C13H11ClFNO/c14-10-3-1-9(2-4-10)8-17-11-5-6-13(16)12(15)7-11/h1-7H,8,16H2. The van der Waals surface area contributed by atoms with Crippen LogP contribution in [0, 0.1) is 5.82 Å². The first-order chi connectivity index (χ1) is 8.15. The van der Waals surface area contributed by atoms with Crippen molar-refractivity contribution in [1.29, 1.82) is 0 Å². The van der Waals surface area contributed by atoms with Crippen molar-refractivity contribution in [2.45, 2.75) is 6.61 Å². The highest BCUT2D eigenvalue weighted by Crippen LogP contribution is 2.19. The van der Waals surface area contributed by atoms with Crippen LogP contribution in [0.3, 0.4) is 0 Å². The Morgan fingerprint density at radius 2 is 1.82 bits per heavy atom. The van der Waals surface area contributed by atoms with Gasteiger partial charge in [-0.15, -0.1) is 0 Å². The summed E-state index contributed by atoms with van der Waals surface area (Å²) in [6.07, 6.45) is 0. The van der Waals surface area contributed by atoms with Crippen LogP contribution in [0.15, 0.2) is 42.5 Å². The molecular formula is C13H11ClFNO. The molecule has 0 heterocycles. The lowest BCUT2D eigenvalue weighted by Crippen LogP contribution is -1.97. The van der Waals surface area contributed by atoms with Crippen LogP contribution >= 0.6 is 11.6 Å². The zero-order chi connectivity index (χ0) is 12.3. The van der Waals surface area contributed by atoms with Gasteiger partial charge in [-0.05, 0) is 29.8 Å². The Balaban J connectivity index is 2.02. The van der Waals surface area contributed by atoms with E-state index in [1.165, 1.54) is 12.1 Å². The molecule has 2 aromatic carbocycles. The molecule has 2 rings (SSSR count). The van der Waals surface area contributed by atoms with Crippen molar-refractivity contribution in [3.8, 4) is 5.75 Å². The van der Waals surface area contributed by atoms with Gasteiger partial charge in [-0.3, -0.25) is 0 Å². The number of anilines is 1. The van der Waals surface area contributed by atoms with E-state index in [-0.39, 0.29) is 5.69 Å². The Morgan fingerprint density at radius 1 is 1.12 bits per heavy atom. The van der Waals surface area contributed by atoms with Crippen LogP contribution < -0.4 is 10.5 Å². The van der Waals surface area contributed by atoms with Crippen LogP contribution in [-0.2, 0) is 6.61 Å². The number of hydrogen-bond acceptors (Lipinski definition) is 2. The van der Waals surface area contributed by atoms with Crippen LogP contribution in [0.25, 0.3) is 0 Å². The molecule has 0 spiro atoms.